The zero-order valence-electron chi connectivity index (χ0n) is 13.0. The maximum atomic E-state index is 12.5. The minimum absolute atomic E-state index is 0.0759. The summed E-state index contributed by atoms with van der Waals surface area (Å²) in [6.45, 7) is 2.04. The number of thiazole rings is 1. The molecule has 0 radical (unpaired) electrons. The first-order valence-electron chi connectivity index (χ1n) is 7.19. The van der Waals surface area contributed by atoms with Gasteiger partial charge in [0.25, 0.3) is 10.0 Å². The number of rotatable bonds is 5. The van der Waals surface area contributed by atoms with E-state index in [1.165, 1.54) is 25.3 Å². The Labute approximate surface area is 149 Å². The van der Waals surface area contributed by atoms with Gasteiger partial charge in [-0.25, -0.2) is 13.4 Å². The van der Waals surface area contributed by atoms with Gasteiger partial charge in [-0.3, -0.25) is 4.72 Å². The molecule has 1 aromatic heterocycles. The van der Waals surface area contributed by atoms with E-state index in [0.29, 0.717) is 11.4 Å². The Bertz CT molecular complexity index is 1000. The second-order valence-corrected chi connectivity index (χ2v) is 8.25. The van der Waals surface area contributed by atoms with Crippen LogP contribution < -0.4 is 9.46 Å². The van der Waals surface area contributed by atoms with Crippen molar-refractivity contribution < 1.29 is 13.2 Å². The van der Waals surface area contributed by atoms with Gasteiger partial charge in [-0.15, -0.1) is 11.3 Å². The molecule has 3 aromatic rings. The molecule has 1 N–H and O–H groups in total. The van der Waals surface area contributed by atoms with Gasteiger partial charge in [0.2, 0.25) is 0 Å². The highest BCUT2D eigenvalue weighted by Crippen LogP contribution is 2.29. The number of ether oxygens (including phenoxy) is 1. The molecular formula is C16H15ClN2O3S2. The van der Waals surface area contributed by atoms with Crippen molar-refractivity contribution in [1.29, 1.82) is 0 Å². The second kappa shape index (κ2) is 6.58. The first-order chi connectivity index (χ1) is 11.4. The van der Waals surface area contributed by atoms with Gasteiger partial charge in [-0.05, 0) is 42.8 Å². The van der Waals surface area contributed by atoms with Crippen molar-refractivity contribution in [3.8, 4) is 5.75 Å². The van der Waals surface area contributed by atoms with Gasteiger partial charge in [0.15, 0.2) is 0 Å². The van der Waals surface area contributed by atoms with Crippen LogP contribution in [0.4, 0.5) is 5.69 Å². The predicted molar refractivity (Wildman–Crippen MR) is 97.8 cm³/mol. The van der Waals surface area contributed by atoms with Crippen LogP contribution >= 0.6 is 22.9 Å². The van der Waals surface area contributed by atoms with Gasteiger partial charge in [0.1, 0.15) is 5.75 Å². The lowest BCUT2D eigenvalue weighted by Gasteiger charge is -2.10. The van der Waals surface area contributed by atoms with Crippen molar-refractivity contribution in [3.63, 3.8) is 0 Å². The molecule has 0 aliphatic rings. The fourth-order valence-corrected chi connectivity index (χ4v) is 4.56. The van der Waals surface area contributed by atoms with Crippen molar-refractivity contribution in [2.24, 2.45) is 0 Å². The lowest BCUT2D eigenvalue weighted by Crippen LogP contribution is -2.12. The largest absolute Gasteiger partial charge is 0.495 e. The Morgan fingerprint density at radius 1 is 1.25 bits per heavy atom. The fraction of sp³-hybridized carbons (Fsp3) is 0.188. The smallest absolute Gasteiger partial charge is 0.261 e. The standard InChI is InChI=1S/C16H15ClN2O3S2/c1-3-16-18-13-6-4-10(8-15(13)23-16)19-24(20,21)11-5-7-14(22-2)12(17)9-11/h4-9,19H,3H2,1-2H3. The van der Waals surface area contributed by atoms with Crippen LogP contribution in [-0.4, -0.2) is 20.5 Å². The molecule has 0 atom stereocenters. The van der Waals surface area contributed by atoms with E-state index in [2.05, 4.69) is 9.71 Å². The number of hydrogen-bond acceptors (Lipinski definition) is 5. The monoisotopic (exact) mass is 382 g/mol. The maximum absolute atomic E-state index is 12.5. The van der Waals surface area contributed by atoms with Crippen molar-refractivity contribution >= 4 is 48.9 Å². The van der Waals surface area contributed by atoms with Gasteiger partial charge < -0.3 is 4.74 Å². The molecule has 3 rings (SSSR count). The van der Waals surface area contributed by atoms with E-state index >= 15 is 0 Å². The highest BCUT2D eigenvalue weighted by Gasteiger charge is 2.17. The summed E-state index contributed by atoms with van der Waals surface area (Å²) in [4.78, 5) is 4.54. The number of halogens is 1. The Morgan fingerprint density at radius 3 is 2.71 bits per heavy atom. The Morgan fingerprint density at radius 2 is 2.04 bits per heavy atom. The summed E-state index contributed by atoms with van der Waals surface area (Å²) in [5.41, 5.74) is 1.35. The molecule has 0 spiro atoms. The number of benzene rings is 2. The summed E-state index contributed by atoms with van der Waals surface area (Å²) < 4.78 is 33.6. The number of sulfonamides is 1. The minimum atomic E-state index is -3.73. The summed E-state index contributed by atoms with van der Waals surface area (Å²) in [5, 5.41) is 1.26. The molecule has 0 fully saturated rings. The molecule has 0 amide bonds. The molecule has 2 aromatic carbocycles. The van der Waals surface area contributed by atoms with Crippen LogP contribution in [0.3, 0.4) is 0 Å². The number of nitrogens with one attached hydrogen (secondary N) is 1. The minimum Gasteiger partial charge on any atom is -0.495 e. The molecule has 126 valence electrons. The van der Waals surface area contributed by atoms with Gasteiger partial charge in [0.05, 0.1) is 37.9 Å². The first-order valence-corrected chi connectivity index (χ1v) is 9.86. The van der Waals surface area contributed by atoms with Crippen LogP contribution in [0.5, 0.6) is 5.75 Å². The van der Waals surface area contributed by atoms with Gasteiger partial charge in [0, 0.05) is 0 Å². The molecule has 0 saturated carbocycles. The fourth-order valence-electron chi connectivity index (χ4n) is 2.22. The number of anilines is 1. The molecule has 1 heterocycles. The molecule has 0 unspecified atom stereocenters. The van der Waals surface area contributed by atoms with Crippen LogP contribution in [0, 0.1) is 0 Å². The number of fused-ring (bicyclic) bond motifs is 1. The maximum Gasteiger partial charge on any atom is 0.261 e. The van der Waals surface area contributed by atoms with E-state index in [1.807, 2.05) is 13.0 Å². The second-order valence-electron chi connectivity index (χ2n) is 5.05. The number of methoxy groups -OCH3 is 1. The van der Waals surface area contributed by atoms with Crippen molar-refractivity contribution in [1.82, 2.24) is 4.98 Å². The topological polar surface area (TPSA) is 68.3 Å². The van der Waals surface area contributed by atoms with E-state index in [0.717, 1.165) is 21.6 Å². The van der Waals surface area contributed by atoms with Crippen LogP contribution in [0.25, 0.3) is 10.2 Å². The van der Waals surface area contributed by atoms with Gasteiger partial charge >= 0.3 is 0 Å². The highest BCUT2D eigenvalue weighted by molar-refractivity contribution is 7.92. The zero-order chi connectivity index (χ0) is 17.3. The SMILES string of the molecule is CCc1nc2ccc(NS(=O)(=O)c3ccc(OC)c(Cl)c3)cc2s1. The van der Waals surface area contributed by atoms with E-state index in [4.69, 9.17) is 16.3 Å². The third-order valence-corrected chi connectivity index (χ3v) is 6.26. The molecule has 5 nitrogen and oxygen atoms in total. The molecule has 0 aliphatic carbocycles. The Balaban J connectivity index is 1.92. The van der Waals surface area contributed by atoms with E-state index in [1.54, 1.807) is 23.5 Å². The molecule has 8 heteroatoms. The summed E-state index contributed by atoms with van der Waals surface area (Å²) in [6, 6.07) is 9.64. The number of aromatic nitrogens is 1. The molecule has 0 saturated heterocycles. The summed E-state index contributed by atoms with van der Waals surface area (Å²) >= 11 is 7.57. The molecule has 24 heavy (non-hydrogen) atoms. The number of hydrogen-bond donors (Lipinski definition) is 1. The Kier molecular flexibility index (Phi) is 4.67. The number of nitrogens with zero attached hydrogens (tertiary/aromatic N) is 1. The van der Waals surface area contributed by atoms with Crippen molar-refractivity contribution in [2.75, 3.05) is 11.8 Å². The predicted octanol–water partition coefficient (Wildman–Crippen LogP) is 4.32. The molecular weight excluding hydrogens is 368 g/mol. The van der Waals surface area contributed by atoms with Crippen LogP contribution in [0.1, 0.15) is 11.9 Å². The van der Waals surface area contributed by atoms with E-state index in [-0.39, 0.29) is 9.92 Å². The molecule has 0 aliphatic heterocycles. The average molecular weight is 383 g/mol. The quantitative estimate of drug-likeness (QED) is 0.713. The number of aryl methyl sites for hydroxylation is 1. The first kappa shape index (κ1) is 17.0. The summed E-state index contributed by atoms with van der Waals surface area (Å²) in [5.74, 6) is 0.425. The summed E-state index contributed by atoms with van der Waals surface area (Å²) in [7, 11) is -2.26. The normalized spacial score (nSPS) is 11.6. The van der Waals surface area contributed by atoms with E-state index in [9.17, 15) is 8.42 Å². The zero-order valence-corrected chi connectivity index (χ0v) is 15.4. The third kappa shape index (κ3) is 3.33. The van der Waals surface area contributed by atoms with Crippen molar-refractivity contribution in [3.05, 3.63) is 46.4 Å². The lowest BCUT2D eigenvalue weighted by molar-refractivity contribution is 0.414. The van der Waals surface area contributed by atoms with Crippen LogP contribution in [-0.2, 0) is 16.4 Å². The lowest BCUT2D eigenvalue weighted by atomic mass is 10.3. The van der Waals surface area contributed by atoms with Crippen molar-refractivity contribution in [2.45, 2.75) is 18.2 Å². The van der Waals surface area contributed by atoms with E-state index < -0.39 is 10.0 Å². The van der Waals surface area contributed by atoms with Gasteiger partial charge in [-0.2, -0.15) is 0 Å². The third-order valence-electron chi connectivity index (χ3n) is 3.42. The van der Waals surface area contributed by atoms with Crippen LogP contribution in [0.2, 0.25) is 5.02 Å². The average Bonchev–Trinajstić information content (AvgIpc) is 2.96. The molecule has 0 bridgehead atoms. The summed E-state index contributed by atoms with van der Waals surface area (Å²) in [6.07, 6.45) is 0.852. The highest BCUT2D eigenvalue weighted by atomic mass is 35.5. The Hall–Kier alpha value is -1.83. The van der Waals surface area contributed by atoms with Crippen LogP contribution in [0.15, 0.2) is 41.3 Å². The van der Waals surface area contributed by atoms with Gasteiger partial charge in [-0.1, -0.05) is 18.5 Å².